The van der Waals surface area contributed by atoms with Gasteiger partial charge in [-0.1, -0.05) is 29.8 Å². The first kappa shape index (κ1) is 22.9. The monoisotopic (exact) mass is 455 g/mol. The van der Waals surface area contributed by atoms with Crippen molar-refractivity contribution in [2.75, 3.05) is 18.5 Å². The van der Waals surface area contributed by atoms with Gasteiger partial charge < -0.3 is 24.9 Å². The van der Waals surface area contributed by atoms with Crippen molar-refractivity contribution in [3.8, 4) is 16.9 Å². The lowest BCUT2D eigenvalue weighted by Gasteiger charge is -2.10. The molecule has 1 amide bonds. The summed E-state index contributed by atoms with van der Waals surface area (Å²) in [6.45, 7) is 5.21. The fourth-order valence-electron chi connectivity index (χ4n) is 3.04. The van der Waals surface area contributed by atoms with Crippen molar-refractivity contribution >= 4 is 34.0 Å². The first-order chi connectivity index (χ1) is 15.3. The van der Waals surface area contributed by atoms with Crippen molar-refractivity contribution in [1.29, 1.82) is 0 Å². The van der Waals surface area contributed by atoms with Crippen LogP contribution in [0.1, 0.15) is 27.7 Å². The molecule has 1 aromatic carbocycles. The molecule has 0 aliphatic carbocycles. The van der Waals surface area contributed by atoms with Gasteiger partial charge in [0.1, 0.15) is 16.8 Å². The van der Waals surface area contributed by atoms with E-state index in [0.29, 0.717) is 10.6 Å². The number of aryl methyl sites for hydroxylation is 2. The van der Waals surface area contributed by atoms with E-state index < -0.39 is 29.2 Å². The Kier molecular flexibility index (Phi) is 7.16. The number of nitrogens with zero attached hydrogens (tertiary/aromatic N) is 2. The third kappa shape index (κ3) is 5.09. The number of ether oxygens (including phenoxy) is 2. The Morgan fingerprint density at radius 1 is 1.19 bits per heavy atom. The van der Waals surface area contributed by atoms with Crippen LogP contribution in [0.3, 0.4) is 0 Å². The lowest BCUT2D eigenvalue weighted by molar-refractivity contribution is -0.390. The van der Waals surface area contributed by atoms with E-state index in [1.54, 1.807) is 6.92 Å². The van der Waals surface area contributed by atoms with Gasteiger partial charge in [0.25, 0.3) is 5.91 Å². The highest BCUT2D eigenvalue weighted by atomic mass is 32.1. The highest BCUT2D eigenvalue weighted by Crippen LogP contribution is 2.40. The number of amides is 1. The number of carbonyl (C=O) groups is 2. The number of esters is 1. The number of anilines is 1. The predicted molar refractivity (Wildman–Crippen MR) is 120 cm³/mol. The van der Waals surface area contributed by atoms with E-state index in [9.17, 15) is 19.7 Å². The van der Waals surface area contributed by atoms with Crippen LogP contribution in [0.4, 0.5) is 10.8 Å². The second-order valence-corrected chi connectivity index (χ2v) is 7.97. The molecule has 1 N–H and O–H groups in total. The first-order valence-electron chi connectivity index (χ1n) is 9.71. The van der Waals surface area contributed by atoms with Gasteiger partial charge in [-0.25, -0.2) is 4.79 Å². The molecule has 3 aromatic rings. The molecule has 9 nitrogen and oxygen atoms in total. The van der Waals surface area contributed by atoms with E-state index in [2.05, 4.69) is 10.3 Å². The van der Waals surface area contributed by atoms with Gasteiger partial charge in [0.15, 0.2) is 6.61 Å². The summed E-state index contributed by atoms with van der Waals surface area (Å²) in [4.78, 5) is 40.1. The Balaban J connectivity index is 1.86. The molecular formula is C22H21N3O6S. The number of nitrogens with one attached hydrogen (secondary N) is 1. The largest absolute Gasteiger partial charge is 0.476 e. The Labute approximate surface area is 188 Å². The molecule has 2 heterocycles. The Bertz CT molecular complexity index is 1160. The molecule has 0 fully saturated rings. The fraction of sp³-hybridized carbons (Fsp3) is 0.227. The Morgan fingerprint density at radius 2 is 1.91 bits per heavy atom. The highest BCUT2D eigenvalue weighted by Gasteiger charge is 2.26. The molecule has 0 aliphatic heterocycles. The molecule has 0 bridgehead atoms. The molecule has 0 unspecified atom stereocenters. The van der Waals surface area contributed by atoms with Gasteiger partial charge in [-0.3, -0.25) is 4.79 Å². The van der Waals surface area contributed by atoms with Gasteiger partial charge in [-0.05, 0) is 48.4 Å². The maximum absolute atomic E-state index is 12.7. The lowest BCUT2D eigenvalue weighted by atomic mass is 10.0. The maximum atomic E-state index is 12.7. The number of benzene rings is 1. The van der Waals surface area contributed by atoms with Crippen molar-refractivity contribution in [1.82, 2.24) is 4.98 Å². The zero-order valence-electron chi connectivity index (χ0n) is 17.7. The molecule has 0 spiro atoms. The van der Waals surface area contributed by atoms with Crippen molar-refractivity contribution < 1.29 is 24.0 Å². The summed E-state index contributed by atoms with van der Waals surface area (Å²) in [6, 6.07) is 10.5. The molecule has 2 aromatic heterocycles. The van der Waals surface area contributed by atoms with E-state index >= 15 is 0 Å². The second kappa shape index (κ2) is 10.0. The first-order valence-corrected chi connectivity index (χ1v) is 10.5. The van der Waals surface area contributed by atoms with Crippen LogP contribution >= 0.6 is 11.3 Å². The molecule has 0 aliphatic rings. The number of hydrogen-bond acceptors (Lipinski definition) is 8. The van der Waals surface area contributed by atoms with Crippen molar-refractivity contribution in [3.63, 3.8) is 0 Å². The van der Waals surface area contributed by atoms with E-state index in [1.165, 1.54) is 29.7 Å². The highest BCUT2D eigenvalue weighted by molar-refractivity contribution is 7.17. The Morgan fingerprint density at radius 3 is 2.56 bits per heavy atom. The molecule has 0 saturated carbocycles. The van der Waals surface area contributed by atoms with Gasteiger partial charge in [-0.15, -0.1) is 11.3 Å². The number of pyridine rings is 1. The summed E-state index contributed by atoms with van der Waals surface area (Å²) in [7, 11) is 0. The summed E-state index contributed by atoms with van der Waals surface area (Å²) in [5, 5.41) is 14.0. The molecule has 166 valence electrons. The second-order valence-electron chi connectivity index (χ2n) is 6.74. The predicted octanol–water partition coefficient (Wildman–Crippen LogP) is 4.53. The van der Waals surface area contributed by atoms with E-state index in [0.717, 1.165) is 16.0 Å². The molecule has 3 rings (SSSR count). The van der Waals surface area contributed by atoms with Gasteiger partial charge in [0.05, 0.1) is 6.61 Å². The fourth-order valence-corrected chi connectivity index (χ4v) is 4.12. The standard InChI is InChI=1S/C22H21N3O6S/c1-4-30-22(27)19-18(15-9-7-13(2)8-10-15)14(3)32-21(19)24-17(26)12-31-16-6-5-11-23-20(16)25(28)29/h5-11H,4,12H2,1-3H3,(H,24,26). The zero-order chi connectivity index (χ0) is 23.3. The van der Waals surface area contributed by atoms with Crippen LogP contribution < -0.4 is 10.1 Å². The quantitative estimate of drug-likeness (QED) is 0.301. The minimum Gasteiger partial charge on any atom is -0.476 e. The van der Waals surface area contributed by atoms with Crippen molar-refractivity contribution in [2.24, 2.45) is 0 Å². The molecular weight excluding hydrogens is 434 g/mol. The lowest BCUT2D eigenvalue weighted by Crippen LogP contribution is -2.21. The van der Waals surface area contributed by atoms with Crippen LogP contribution in [0.5, 0.6) is 5.75 Å². The SMILES string of the molecule is CCOC(=O)c1c(NC(=O)COc2cccnc2[N+](=O)[O-])sc(C)c1-c1ccc(C)cc1. The molecule has 10 heteroatoms. The molecule has 32 heavy (non-hydrogen) atoms. The number of nitro groups is 1. The number of hydrogen-bond donors (Lipinski definition) is 1. The Hall–Kier alpha value is -3.79. The minimum atomic E-state index is -0.692. The summed E-state index contributed by atoms with van der Waals surface area (Å²) >= 11 is 1.24. The maximum Gasteiger partial charge on any atom is 0.406 e. The smallest absolute Gasteiger partial charge is 0.406 e. The average Bonchev–Trinajstić information content (AvgIpc) is 3.08. The number of carbonyl (C=O) groups excluding carboxylic acids is 2. The average molecular weight is 455 g/mol. The van der Waals surface area contributed by atoms with E-state index in [1.807, 2.05) is 38.1 Å². The van der Waals surface area contributed by atoms with E-state index in [-0.39, 0.29) is 17.9 Å². The minimum absolute atomic E-state index is 0.124. The molecule has 0 radical (unpaired) electrons. The zero-order valence-corrected chi connectivity index (χ0v) is 18.5. The summed E-state index contributed by atoms with van der Waals surface area (Å²) in [5.74, 6) is -1.74. The van der Waals surface area contributed by atoms with Crippen LogP contribution in [0, 0.1) is 24.0 Å². The summed E-state index contributed by atoms with van der Waals surface area (Å²) < 4.78 is 10.5. The van der Waals surface area contributed by atoms with Crippen LogP contribution in [-0.2, 0) is 9.53 Å². The summed E-state index contributed by atoms with van der Waals surface area (Å²) in [5.41, 5.74) is 2.86. The molecule has 0 atom stereocenters. The third-order valence-corrected chi connectivity index (χ3v) is 5.46. The topological polar surface area (TPSA) is 121 Å². The van der Waals surface area contributed by atoms with E-state index in [4.69, 9.17) is 9.47 Å². The van der Waals surface area contributed by atoms with Gasteiger partial charge in [0.2, 0.25) is 5.75 Å². The van der Waals surface area contributed by atoms with Crippen LogP contribution in [0.25, 0.3) is 11.1 Å². The third-order valence-electron chi connectivity index (χ3n) is 4.44. The number of aromatic nitrogens is 1. The van der Waals surface area contributed by atoms with Crippen LogP contribution in [-0.4, -0.2) is 35.0 Å². The van der Waals surface area contributed by atoms with Crippen LogP contribution in [0.15, 0.2) is 42.6 Å². The number of rotatable bonds is 8. The van der Waals surface area contributed by atoms with Crippen molar-refractivity contribution in [3.05, 3.63) is 68.7 Å². The van der Waals surface area contributed by atoms with Crippen molar-refractivity contribution in [2.45, 2.75) is 20.8 Å². The molecule has 0 saturated heterocycles. The van der Waals surface area contributed by atoms with Gasteiger partial charge in [-0.2, -0.15) is 0 Å². The normalized spacial score (nSPS) is 10.5. The summed E-state index contributed by atoms with van der Waals surface area (Å²) in [6.07, 6.45) is 1.26. The van der Waals surface area contributed by atoms with Gasteiger partial charge >= 0.3 is 11.8 Å². The van der Waals surface area contributed by atoms with Crippen LogP contribution in [0.2, 0.25) is 0 Å². The van der Waals surface area contributed by atoms with Gasteiger partial charge in [0, 0.05) is 10.4 Å². The number of thiophene rings is 1.